The molecule has 0 atom stereocenters. The molecule has 0 unspecified atom stereocenters. The van der Waals surface area contributed by atoms with Crippen molar-refractivity contribution in [1.29, 1.82) is 0 Å². The summed E-state index contributed by atoms with van der Waals surface area (Å²) in [5, 5.41) is 9.92. The number of piperazine rings is 1. The lowest BCUT2D eigenvalue weighted by Crippen LogP contribution is -2.48. The lowest BCUT2D eigenvalue weighted by Gasteiger charge is -2.34. The molecule has 4 aromatic rings. The minimum Gasteiger partial charge on any atom is -0.361 e. The number of nitrogens with zero attached hydrogens (tertiary/aromatic N) is 5. The van der Waals surface area contributed by atoms with Crippen molar-refractivity contribution in [2.45, 2.75) is 13.5 Å². The van der Waals surface area contributed by atoms with Gasteiger partial charge in [0.1, 0.15) is 5.76 Å². The molecule has 0 aliphatic carbocycles. The van der Waals surface area contributed by atoms with E-state index >= 15 is 0 Å². The van der Waals surface area contributed by atoms with Gasteiger partial charge in [0.05, 0.1) is 4.88 Å². The van der Waals surface area contributed by atoms with Gasteiger partial charge in [-0.15, -0.1) is 11.3 Å². The van der Waals surface area contributed by atoms with Crippen molar-refractivity contribution in [2.75, 3.05) is 26.2 Å². The van der Waals surface area contributed by atoms with Gasteiger partial charge in [-0.3, -0.25) is 9.69 Å². The number of hydrogen-bond acceptors (Lipinski definition) is 8. The SMILES string of the molecule is Cc1cc(C(=O)N2CCN(Cc3ccc(-c4noc(-c5cccs5)n4)cc3)CC2)no1. The standard InChI is InChI=1S/C22H21N5O3S/c1-15-13-18(24-29-15)22(28)27-10-8-26(9-11-27)14-16-4-6-17(7-5-16)20-23-21(30-25-20)19-3-2-12-31-19/h2-7,12-13H,8-11,14H2,1H3. The zero-order valence-electron chi connectivity index (χ0n) is 17.0. The van der Waals surface area contributed by atoms with Gasteiger partial charge in [0.15, 0.2) is 5.69 Å². The third kappa shape index (κ3) is 4.28. The average molecular weight is 436 g/mol. The summed E-state index contributed by atoms with van der Waals surface area (Å²) in [4.78, 5) is 22.1. The molecule has 4 heterocycles. The maximum absolute atomic E-state index is 12.5. The van der Waals surface area contributed by atoms with Crippen LogP contribution in [0.4, 0.5) is 0 Å². The lowest BCUT2D eigenvalue weighted by molar-refractivity contribution is 0.0618. The molecule has 8 nitrogen and oxygen atoms in total. The fraction of sp³-hybridized carbons (Fsp3) is 0.273. The molecule has 0 bridgehead atoms. The second-order valence-electron chi connectivity index (χ2n) is 7.49. The van der Waals surface area contributed by atoms with Gasteiger partial charge < -0.3 is 13.9 Å². The molecule has 31 heavy (non-hydrogen) atoms. The van der Waals surface area contributed by atoms with E-state index in [1.807, 2.05) is 34.5 Å². The molecule has 1 amide bonds. The molecule has 9 heteroatoms. The maximum Gasteiger partial charge on any atom is 0.276 e. The smallest absolute Gasteiger partial charge is 0.276 e. The molecule has 5 rings (SSSR count). The Morgan fingerprint density at radius 1 is 1.06 bits per heavy atom. The Morgan fingerprint density at radius 2 is 1.87 bits per heavy atom. The fourth-order valence-electron chi connectivity index (χ4n) is 3.60. The van der Waals surface area contributed by atoms with Crippen molar-refractivity contribution >= 4 is 17.2 Å². The summed E-state index contributed by atoms with van der Waals surface area (Å²) in [6, 6.07) is 13.8. The van der Waals surface area contributed by atoms with Crippen LogP contribution in [0.25, 0.3) is 22.2 Å². The monoisotopic (exact) mass is 435 g/mol. The number of hydrogen-bond donors (Lipinski definition) is 0. The normalized spacial score (nSPS) is 14.8. The van der Waals surface area contributed by atoms with Gasteiger partial charge in [0.2, 0.25) is 5.82 Å². The minimum absolute atomic E-state index is 0.0668. The van der Waals surface area contributed by atoms with Crippen LogP contribution in [0.1, 0.15) is 21.8 Å². The molecule has 1 fully saturated rings. The molecule has 1 saturated heterocycles. The number of benzene rings is 1. The van der Waals surface area contributed by atoms with Gasteiger partial charge in [0, 0.05) is 44.4 Å². The van der Waals surface area contributed by atoms with E-state index in [1.54, 1.807) is 24.3 Å². The summed E-state index contributed by atoms with van der Waals surface area (Å²) in [5.74, 6) is 1.71. The zero-order valence-corrected chi connectivity index (χ0v) is 17.8. The van der Waals surface area contributed by atoms with E-state index in [0.717, 1.165) is 30.1 Å². The van der Waals surface area contributed by atoms with E-state index in [1.165, 1.54) is 5.56 Å². The van der Waals surface area contributed by atoms with E-state index in [2.05, 4.69) is 32.3 Å². The van der Waals surface area contributed by atoms with Crippen molar-refractivity contribution in [2.24, 2.45) is 0 Å². The number of amides is 1. The molecule has 0 spiro atoms. The molecule has 1 aliphatic heterocycles. The fourth-order valence-corrected chi connectivity index (χ4v) is 4.24. The van der Waals surface area contributed by atoms with Gasteiger partial charge in [-0.2, -0.15) is 4.98 Å². The number of thiophene rings is 1. The largest absolute Gasteiger partial charge is 0.361 e. The highest BCUT2D eigenvalue weighted by Gasteiger charge is 2.24. The van der Waals surface area contributed by atoms with Crippen LogP contribution in [0.5, 0.6) is 0 Å². The van der Waals surface area contributed by atoms with Crippen LogP contribution in [0.3, 0.4) is 0 Å². The molecule has 158 valence electrons. The molecular weight excluding hydrogens is 414 g/mol. The summed E-state index contributed by atoms with van der Waals surface area (Å²) in [5.41, 5.74) is 2.51. The third-order valence-electron chi connectivity index (χ3n) is 5.28. The highest BCUT2D eigenvalue weighted by atomic mass is 32.1. The second-order valence-corrected chi connectivity index (χ2v) is 8.44. The summed E-state index contributed by atoms with van der Waals surface area (Å²) in [6.45, 7) is 5.61. The Hall–Kier alpha value is -3.30. The Morgan fingerprint density at radius 3 is 2.55 bits per heavy atom. The van der Waals surface area contributed by atoms with Crippen LogP contribution < -0.4 is 0 Å². The van der Waals surface area contributed by atoms with Crippen LogP contribution >= 0.6 is 11.3 Å². The Bertz CT molecular complexity index is 1160. The topological polar surface area (TPSA) is 88.5 Å². The summed E-state index contributed by atoms with van der Waals surface area (Å²) < 4.78 is 10.4. The molecule has 0 saturated carbocycles. The number of carbonyl (C=O) groups is 1. The van der Waals surface area contributed by atoms with Gasteiger partial charge in [-0.05, 0) is 23.9 Å². The third-order valence-corrected chi connectivity index (χ3v) is 6.14. The van der Waals surface area contributed by atoms with E-state index in [-0.39, 0.29) is 5.91 Å². The first kappa shape index (κ1) is 19.7. The Kier molecular flexibility index (Phi) is 5.35. The molecule has 0 N–H and O–H groups in total. The molecule has 1 aliphatic rings. The highest BCUT2D eigenvalue weighted by Crippen LogP contribution is 2.26. The van der Waals surface area contributed by atoms with Gasteiger partial charge >= 0.3 is 0 Å². The van der Waals surface area contributed by atoms with Gasteiger partial charge in [-0.25, -0.2) is 0 Å². The van der Waals surface area contributed by atoms with Crippen molar-refractivity contribution in [3.63, 3.8) is 0 Å². The maximum atomic E-state index is 12.5. The van der Waals surface area contributed by atoms with E-state index < -0.39 is 0 Å². The highest BCUT2D eigenvalue weighted by molar-refractivity contribution is 7.13. The van der Waals surface area contributed by atoms with Crippen LogP contribution in [0.2, 0.25) is 0 Å². The Labute approximate surface area is 183 Å². The van der Waals surface area contributed by atoms with E-state index in [0.29, 0.717) is 36.3 Å². The summed E-state index contributed by atoms with van der Waals surface area (Å²) in [7, 11) is 0. The van der Waals surface area contributed by atoms with Crippen molar-refractivity contribution in [1.82, 2.24) is 25.1 Å². The first-order valence-electron chi connectivity index (χ1n) is 10.1. The van der Waals surface area contributed by atoms with Crippen LogP contribution in [0, 0.1) is 6.92 Å². The van der Waals surface area contributed by atoms with Gasteiger partial charge in [0.25, 0.3) is 11.8 Å². The number of carbonyl (C=O) groups excluding carboxylic acids is 1. The first-order valence-corrected chi connectivity index (χ1v) is 11.0. The predicted molar refractivity (Wildman–Crippen MR) is 115 cm³/mol. The van der Waals surface area contributed by atoms with Crippen LogP contribution in [0.15, 0.2) is 56.9 Å². The van der Waals surface area contributed by atoms with Crippen LogP contribution in [-0.4, -0.2) is 57.2 Å². The van der Waals surface area contributed by atoms with Crippen molar-refractivity contribution in [3.05, 3.63) is 64.9 Å². The Balaban J connectivity index is 1.17. The molecule has 1 aromatic carbocycles. The number of aromatic nitrogens is 3. The quantitative estimate of drug-likeness (QED) is 0.472. The first-order chi connectivity index (χ1) is 15.2. The lowest BCUT2D eigenvalue weighted by atomic mass is 10.1. The summed E-state index contributed by atoms with van der Waals surface area (Å²) >= 11 is 1.57. The number of rotatable bonds is 5. The van der Waals surface area contributed by atoms with E-state index in [9.17, 15) is 4.79 Å². The molecule has 0 radical (unpaired) electrons. The number of aryl methyl sites for hydroxylation is 1. The van der Waals surface area contributed by atoms with Gasteiger partial charge in [-0.1, -0.05) is 40.6 Å². The predicted octanol–water partition coefficient (Wildman–Crippen LogP) is 3.72. The average Bonchev–Trinajstić information content (AvgIpc) is 3.56. The molecular formula is C22H21N5O3S. The van der Waals surface area contributed by atoms with Crippen LogP contribution in [-0.2, 0) is 6.54 Å². The zero-order chi connectivity index (χ0) is 21.2. The summed E-state index contributed by atoms with van der Waals surface area (Å²) in [6.07, 6.45) is 0. The van der Waals surface area contributed by atoms with Crippen molar-refractivity contribution in [3.8, 4) is 22.2 Å². The minimum atomic E-state index is -0.0668. The second kappa shape index (κ2) is 8.44. The van der Waals surface area contributed by atoms with E-state index in [4.69, 9.17) is 9.05 Å². The van der Waals surface area contributed by atoms with Crippen molar-refractivity contribution < 1.29 is 13.8 Å². The molecule has 3 aromatic heterocycles.